The highest BCUT2D eigenvalue weighted by Crippen LogP contribution is 2.24. The molecule has 0 aliphatic heterocycles. The van der Waals surface area contributed by atoms with Crippen LogP contribution in [0.2, 0.25) is 0 Å². The Bertz CT molecular complexity index is 540. The van der Waals surface area contributed by atoms with Crippen molar-refractivity contribution in [2.45, 2.75) is 6.42 Å². The molecular formula is C15H17FN2O. The maximum Gasteiger partial charge on any atom is 0.143 e. The van der Waals surface area contributed by atoms with Crippen molar-refractivity contribution in [3.63, 3.8) is 0 Å². The summed E-state index contributed by atoms with van der Waals surface area (Å²) in [4.78, 5) is 0. The van der Waals surface area contributed by atoms with Crippen molar-refractivity contribution in [1.82, 2.24) is 0 Å². The summed E-state index contributed by atoms with van der Waals surface area (Å²) in [6, 6.07) is 12.1. The van der Waals surface area contributed by atoms with E-state index in [9.17, 15) is 4.39 Å². The number of benzene rings is 2. The topological polar surface area (TPSA) is 47.3 Å². The van der Waals surface area contributed by atoms with Crippen LogP contribution in [0, 0.1) is 5.82 Å². The average molecular weight is 260 g/mol. The minimum Gasteiger partial charge on any atom is -0.495 e. The number of methoxy groups -OCH3 is 1. The SMILES string of the molecule is COc1cc(NCCc2ccc(F)cc2)ccc1N. The smallest absolute Gasteiger partial charge is 0.143 e. The Kier molecular flexibility index (Phi) is 4.23. The zero-order valence-corrected chi connectivity index (χ0v) is 10.8. The summed E-state index contributed by atoms with van der Waals surface area (Å²) in [5.74, 6) is 0.451. The molecule has 0 fully saturated rings. The molecule has 0 unspecified atom stereocenters. The monoisotopic (exact) mass is 260 g/mol. The lowest BCUT2D eigenvalue weighted by Gasteiger charge is -2.10. The molecule has 100 valence electrons. The second-order valence-electron chi connectivity index (χ2n) is 4.26. The molecule has 0 aliphatic rings. The lowest BCUT2D eigenvalue weighted by Crippen LogP contribution is -2.05. The molecule has 4 heteroatoms. The van der Waals surface area contributed by atoms with Crippen molar-refractivity contribution in [3.05, 3.63) is 53.8 Å². The molecule has 0 aromatic heterocycles. The number of hydrogen-bond donors (Lipinski definition) is 2. The first-order valence-corrected chi connectivity index (χ1v) is 6.11. The molecule has 19 heavy (non-hydrogen) atoms. The highest BCUT2D eigenvalue weighted by molar-refractivity contribution is 5.61. The van der Waals surface area contributed by atoms with Gasteiger partial charge in [-0.05, 0) is 36.2 Å². The fourth-order valence-corrected chi connectivity index (χ4v) is 1.82. The fourth-order valence-electron chi connectivity index (χ4n) is 1.82. The van der Waals surface area contributed by atoms with E-state index < -0.39 is 0 Å². The summed E-state index contributed by atoms with van der Waals surface area (Å²) in [5, 5.41) is 3.28. The molecule has 2 aromatic rings. The minimum absolute atomic E-state index is 0.208. The van der Waals surface area contributed by atoms with Gasteiger partial charge in [-0.15, -0.1) is 0 Å². The van der Waals surface area contributed by atoms with E-state index >= 15 is 0 Å². The number of nitrogens with two attached hydrogens (primary N) is 1. The van der Waals surface area contributed by atoms with Gasteiger partial charge >= 0.3 is 0 Å². The zero-order valence-electron chi connectivity index (χ0n) is 10.8. The van der Waals surface area contributed by atoms with Crippen LogP contribution in [-0.2, 0) is 6.42 Å². The molecule has 0 saturated heterocycles. The zero-order chi connectivity index (χ0) is 13.7. The van der Waals surface area contributed by atoms with Crippen molar-refractivity contribution < 1.29 is 9.13 Å². The van der Waals surface area contributed by atoms with E-state index in [4.69, 9.17) is 10.5 Å². The molecule has 3 N–H and O–H groups in total. The van der Waals surface area contributed by atoms with Gasteiger partial charge in [-0.3, -0.25) is 0 Å². The molecule has 2 rings (SSSR count). The number of anilines is 2. The third-order valence-electron chi connectivity index (χ3n) is 2.89. The van der Waals surface area contributed by atoms with Crippen LogP contribution in [-0.4, -0.2) is 13.7 Å². The molecule has 3 nitrogen and oxygen atoms in total. The first kappa shape index (κ1) is 13.2. The number of rotatable bonds is 5. The third kappa shape index (κ3) is 3.61. The van der Waals surface area contributed by atoms with E-state index in [1.54, 1.807) is 25.3 Å². The quantitative estimate of drug-likeness (QED) is 0.812. The highest BCUT2D eigenvalue weighted by Gasteiger charge is 2.00. The standard InChI is InChI=1S/C15H17FN2O/c1-19-15-10-13(6-7-14(15)17)18-9-8-11-2-4-12(16)5-3-11/h2-7,10,18H,8-9,17H2,1H3. The van der Waals surface area contributed by atoms with Gasteiger partial charge in [0.2, 0.25) is 0 Å². The summed E-state index contributed by atoms with van der Waals surface area (Å²) >= 11 is 0. The van der Waals surface area contributed by atoms with Crippen molar-refractivity contribution >= 4 is 11.4 Å². The predicted octanol–water partition coefficient (Wildman–Crippen LogP) is 3.07. The number of nitrogens with one attached hydrogen (secondary N) is 1. The molecule has 0 saturated carbocycles. The van der Waals surface area contributed by atoms with Crippen molar-refractivity contribution in [1.29, 1.82) is 0 Å². The summed E-state index contributed by atoms with van der Waals surface area (Å²) in [6.45, 7) is 0.763. The average Bonchev–Trinajstić information content (AvgIpc) is 2.43. The van der Waals surface area contributed by atoms with Crippen LogP contribution in [0.4, 0.5) is 15.8 Å². The van der Waals surface area contributed by atoms with Crippen LogP contribution in [0.25, 0.3) is 0 Å². The van der Waals surface area contributed by atoms with Crippen molar-refractivity contribution in [2.24, 2.45) is 0 Å². The molecule has 0 bridgehead atoms. The number of ether oxygens (including phenoxy) is 1. The third-order valence-corrected chi connectivity index (χ3v) is 2.89. The fraction of sp³-hybridized carbons (Fsp3) is 0.200. The van der Waals surface area contributed by atoms with Crippen LogP contribution in [0.5, 0.6) is 5.75 Å². The molecular weight excluding hydrogens is 243 g/mol. The van der Waals surface area contributed by atoms with Gasteiger partial charge in [0.15, 0.2) is 0 Å². The van der Waals surface area contributed by atoms with Gasteiger partial charge in [0.25, 0.3) is 0 Å². The van der Waals surface area contributed by atoms with E-state index in [0.717, 1.165) is 24.2 Å². The minimum atomic E-state index is -0.208. The summed E-state index contributed by atoms with van der Waals surface area (Å²) in [7, 11) is 1.59. The highest BCUT2D eigenvalue weighted by atomic mass is 19.1. The number of nitrogen functional groups attached to an aromatic ring is 1. The Morgan fingerprint density at radius 1 is 1.16 bits per heavy atom. The van der Waals surface area contributed by atoms with Gasteiger partial charge in [-0.25, -0.2) is 4.39 Å². The maximum absolute atomic E-state index is 12.8. The van der Waals surface area contributed by atoms with Crippen LogP contribution in [0.3, 0.4) is 0 Å². The molecule has 0 atom stereocenters. The second kappa shape index (κ2) is 6.09. The Balaban J connectivity index is 1.90. The van der Waals surface area contributed by atoms with E-state index in [0.29, 0.717) is 11.4 Å². The molecule has 0 amide bonds. The lowest BCUT2D eigenvalue weighted by atomic mass is 10.1. The van der Waals surface area contributed by atoms with Crippen LogP contribution in [0.15, 0.2) is 42.5 Å². The van der Waals surface area contributed by atoms with Gasteiger partial charge in [-0.1, -0.05) is 12.1 Å². The molecule has 0 radical (unpaired) electrons. The van der Waals surface area contributed by atoms with Crippen LogP contribution < -0.4 is 15.8 Å². The van der Waals surface area contributed by atoms with Crippen molar-refractivity contribution in [2.75, 3.05) is 24.7 Å². The molecule has 2 aromatic carbocycles. The van der Waals surface area contributed by atoms with Gasteiger partial charge in [0.05, 0.1) is 12.8 Å². The van der Waals surface area contributed by atoms with Crippen LogP contribution >= 0.6 is 0 Å². The van der Waals surface area contributed by atoms with Gasteiger partial charge < -0.3 is 15.8 Å². The Hall–Kier alpha value is -2.23. The molecule has 0 aliphatic carbocycles. The van der Waals surface area contributed by atoms with Crippen LogP contribution in [0.1, 0.15) is 5.56 Å². The summed E-state index contributed by atoms with van der Waals surface area (Å²) in [5.41, 5.74) is 8.41. The normalized spacial score (nSPS) is 10.2. The summed E-state index contributed by atoms with van der Waals surface area (Å²) in [6.07, 6.45) is 0.826. The Labute approximate surface area is 112 Å². The predicted molar refractivity (Wildman–Crippen MR) is 76.0 cm³/mol. The lowest BCUT2D eigenvalue weighted by molar-refractivity contribution is 0.417. The van der Waals surface area contributed by atoms with E-state index in [2.05, 4.69) is 5.32 Å². The number of halogens is 1. The second-order valence-corrected chi connectivity index (χ2v) is 4.26. The molecule has 0 spiro atoms. The Morgan fingerprint density at radius 2 is 1.89 bits per heavy atom. The first-order valence-electron chi connectivity index (χ1n) is 6.11. The number of hydrogen-bond acceptors (Lipinski definition) is 3. The first-order chi connectivity index (χ1) is 9.19. The van der Waals surface area contributed by atoms with Gasteiger partial charge in [0.1, 0.15) is 11.6 Å². The van der Waals surface area contributed by atoms with E-state index in [1.807, 2.05) is 12.1 Å². The van der Waals surface area contributed by atoms with Gasteiger partial charge in [0, 0.05) is 18.3 Å². The van der Waals surface area contributed by atoms with E-state index in [1.165, 1.54) is 12.1 Å². The Morgan fingerprint density at radius 3 is 2.58 bits per heavy atom. The largest absolute Gasteiger partial charge is 0.495 e. The maximum atomic E-state index is 12.8. The van der Waals surface area contributed by atoms with E-state index in [-0.39, 0.29) is 5.82 Å². The molecule has 0 heterocycles. The van der Waals surface area contributed by atoms with Gasteiger partial charge in [-0.2, -0.15) is 0 Å². The summed E-state index contributed by atoms with van der Waals surface area (Å²) < 4.78 is 17.9. The van der Waals surface area contributed by atoms with Crippen molar-refractivity contribution in [3.8, 4) is 5.75 Å².